The molecule has 1 heterocycles. The number of ether oxygens (including phenoxy) is 1. The van der Waals surface area contributed by atoms with Gasteiger partial charge in [-0.1, -0.05) is 0 Å². The Hall–Kier alpha value is -1.83. The Morgan fingerprint density at radius 1 is 1.50 bits per heavy atom. The molecule has 1 aliphatic rings. The molecule has 2 atom stereocenters. The second-order valence-corrected chi connectivity index (χ2v) is 7.23. The summed E-state index contributed by atoms with van der Waals surface area (Å²) in [5, 5.41) is -3.29. The number of esters is 1. The molecule has 120 valence electrons. The van der Waals surface area contributed by atoms with Crippen LogP contribution in [-0.2, 0) is 24.2 Å². The van der Waals surface area contributed by atoms with Gasteiger partial charge in [0, 0.05) is 31.2 Å². The highest BCUT2D eigenvalue weighted by Crippen LogP contribution is 2.41. The molecule has 8 heteroatoms. The van der Waals surface area contributed by atoms with Gasteiger partial charge in [0.2, 0.25) is 9.84 Å². The standard InChI is InChI=1S/C14H16FNO5S/c1-21-13(18)14(15,10-4-2-5-11(17)8-10)22(19,20)12-6-3-7-16-9-12/h3,6-7,9-10H,2,4-5,8H2,1H3. The van der Waals surface area contributed by atoms with E-state index in [0.29, 0.717) is 6.42 Å². The van der Waals surface area contributed by atoms with Crippen molar-refractivity contribution in [3.05, 3.63) is 24.5 Å². The van der Waals surface area contributed by atoms with Crippen LogP contribution in [0.2, 0.25) is 0 Å². The third-order valence-electron chi connectivity index (χ3n) is 3.81. The van der Waals surface area contributed by atoms with E-state index in [1.54, 1.807) is 0 Å². The monoisotopic (exact) mass is 329 g/mol. The van der Waals surface area contributed by atoms with Crippen LogP contribution in [0.5, 0.6) is 0 Å². The zero-order valence-electron chi connectivity index (χ0n) is 12.0. The number of carbonyl (C=O) groups is 2. The molecular weight excluding hydrogens is 313 g/mol. The number of sulfone groups is 1. The molecule has 1 fully saturated rings. The van der Waals surface area contributed by atoms with Gasteiger partial charge in [0.25, 0.3) is 0 Å². The molecule has 1 aliphatic carbocycles. The van der Waals surface area contributed by atoms with E-state index < -0.39 is 31.6 Å². The minimum atomic E-state index is -4.69. The average Bonchev–Trinajstić information content (AvgIpc) is 2.53. The third-order valence-corrected chi connectivity index (χ3v) is 5.95. The molecule has 0 N–H and O–H groups in total. The predicted molar refractivity (Wildman–Crippen MR) is 74.2 cm³/mol. The highest BCUT2D eigenvalue weighted by Gasteiger charge is 2.59. The van der Waals surface area contributed by atoms with Crippen molar-refractivity contribution >= 4 is 21.6 Å². The van der Waals surface area contributed by atoms with Crippen molar-refractivity contribution in [2.45, 2.75) is 35.6 Å². The molecule has 2 unspecified atom stereocenters. The first-order valence-corrected chi connectivity index (χ1v) is 8.26. The summed E-state index contributed by atoms with van der Waals surface area (Å²) >= 11 is 0. The number of halogens is 1. The average molecular weight is 329 g/mol. The van der Waals surface area contributed by atoms with Crippen molar-refractivity contribution in [1.82, 2.24) is 4.98 Å². The SMILES string of the molecule is COC(=O)C(F)(C1CCCC(=O)C1)S(=O)(=O)c1cccnc1. The predicted octanol–water partition coefficient (Wildman–Crippen LogP) is 1.45. The van der Waals surface area contributed by atoms with Gasteiger partial charge in [0.15, 0.2) is 0 Å². The fourth-order valence-corrected chi connectivity index (χ4v) is 4.40. The zero-order chi connectivity index (χ0) is 16.4. The third kappa shape index (κ3) is 2.63. The summed E-state index contributed by atoms with van der Waals surface area (Å²) in [6, 6.07) is 2.49. The van der Waals surface area contributed by atoms with E-state index in [4.69, 9.17) is 0 Å². The summed E-state index contributed by atoms with van der Waals surface area (Å²) in [7, 11) is -3.77. The Balaban J connectivity index is 2.54. The van der Waals surface area contributed by atoms with Crippen LogP contribution in [0.4, 0.5) is 4.39 Å². The lowest BCUT2D eigenvalue weighted by Crippen LogP contribution is -2.51. The van der Waals surface area contributed by atoms with Crippen molar-refractivity contribution in [2.75, 3.05) is 7.11 Å². The van der Waals surface area contributed by atoms with Gasteiger partial charge < -0.3 is 4.74 Å². The molecule has 0 amide bonds. The van der Waals surface area contributed by atoms with Gasteiger partial charge in [-0.2, -0.15) is 0 Å². The van der Waals surface area contributed by atoms with Crippen LogP contribution in [-0.4, -0.2) is 37.3 Å². The Bertz CT molecular complexity index is 676. The van der Waals surface area contributed by atoms with Gasteiger partial charge in [-0.3, -0.25) is 9.78 Å². The van der Waals surface area contributed by atoms with E-state index in [2.05, 4.69) is 9.72 Å². The summed E-state index contributed by atoms with van der Waals surface area (Å²) in [6.45, 7) is 0. The van der Waals surface area contributed by atoms with Crippen LogP contribution in [0.1, 0.15) is 25.7 Å². The number of carbonyl (C=O) groups excluding carboxylic acids is 2. The smallest absolute Gasteiger partial charge is 0.360 e. The summed E-state index contributed by atoms with van der Waals surface area (Å²) in [5.74, 6) is -3.02. The maximum absolute atomic E-state index is 15.5. The van der Waals surface area contributed by atoms with Crippen molar-refractivity contribution < 1.29 is 27.1 Å². The lowest BCUT2D eigenvalue weighted by Gasteiger charge is -2.32. The first-order valence-electron chi connectivity index (χ1n) is 6.77. The molecule has 0 bridgehead atoms. The number of alkyl halides is 1. The van der Waals surface area contributed by atoms with Crippen LogP contribution in [0.25, 0.3) is 0 Å². The molecule has 0 aliphatic heterocycles. The lowest BCUT2D eigenvalue weighted by molar-refractivity contribution is -0.152. The number of nitrogens with zero attached hydrogens (tertiary/aromatic N) is 1. The number of rotatable bonds is 4. The van der Waals surface area contributed by atoms with Gasteiger partial charge >= 0.3 is 11.0 Å². The fourth-order valence-electron chi connectivity index (χ4n) is 2.65. The van der Waals surface area contributed by atoms with Crippen molar-refractivity contribution in [3.8, 4) is 0 Å². The summed E-state index contributed by atoms with van der Waals surface area (Å²) < 4.78 is 45.1. The van der Waals surface area contributed by atoms with Crippen LogP contribution < -0.4 is 0 Å². The molecule has 2 rings (SSSR count). The number of ketones is 1. The van der Waals surface area contributed by atoms with Gasteiger partial charge in [0.05, 0.1) is 12.0 Å². The fraction of sp³-hybridized carbons (Fsp3) is 0.500. The van der Waals surface area contributed by atoms with Crippen LogP contribution in [0.15, 0.2) is 29.4 Å². The number of Topliss-reactive ketones (excluding diaryl/α,β-unsaturated/α-hetero) is 1. The van der Waals surface area contributed by atoms with Gasteiger partial charge in [-0.25, -0.2) is 17.6 Å². The van der Waals surface area contributed by atoms with Crippen LogP contribution in [0.3, 0.4) is 0 Å². The molecule has 0 aromatic carbocycles. The number of aromatic nitrogens is 1. The van der Waals surface area contributed by atoms with Gasteiger partial charge in [0.1, 0.15) is 5.78 Å². The molecule has 0 radical (unpaired) electrons. The second kappa shape index (κ2) is 6.12. The summed E-state index contributed by atoms with van der Waals surface area (Å²) in [4.78, 5) is 26.7. The van der Waals surface area contributed by atoms with E-state index in [9.17, 15) is 18.0 Å². The largest absolute Gasteiger partial charge is 0.466 e. The molecule has 0 saturated heterocycles. The molecule has 1 saturated carbocycles. The number of hydrogen-bond donors (Lipinski definition) is 0. The first-order chi connectivity index (χ1) is 10.3. The van der Waals surface area contributed by atoms with E-state index in [0.717, 1.165) is 19.4 Å². The highest BCUT2D eigenvalue weighted by molar-refractivity contribution is 7.93. The maximum Gasteiger partial charge on any atom is 0.360 e. The molecule has 1 aromatic rings. The van der Waals surface area contributed by atoms with E-state index >= 15 is 4.39 Å². The molecule has 0 spiro atoms. The number of pyridine rings is 1. The Morgan fingerprint density at radius 3 is 2.77 bits per heavy atom. The highest BCUT2D eigenvalue weighted by atomic mass is 32.2. The first kappa shape index (κ1) is 16.5. The second-order valence-electron chi connectivity index (χ2n) is 5.16. The topological polar surface area (TPSA) is 90.4 Å². The maximum atomic E-state index is 15.5. The van der Waals surface area contributed by atoms with Crippen molar-refractivity contribution in [3.63, 3.8) is 0 Å². The zero-order valence-corrected chi connectivity index (χ0v) is 12.8. The molecule has 22 heavy (non-hydrogen) atoms. The minimum absolute atomic E-state index is 0.122. The molecule has 6 nitrogen and oxygen atoms in total. The van der Waals surface area contributed by atoms with E-state index in [-0.39, 0.29) is 25.0 Å². The normalized spacial score (nSPS) is 21.9. The van der Waals surface area contributed by atoms with Gasteiger partial charge in [-0.05, 0) is 25.0 Å². The van der Waals surface area contributed by atoms with Gasteiger partial charge in [-0.15, -0.1) is 0 Å². The van der Waals surface area contributed by atoms with E-state index in [1.165, 1.54) is 12.3 Å². The Kier molecular flexibility index (Phi) is 4.60. The quantitative estimate of drug-likeness (QED) is 0.777. The van der Waals surface area contributed by atoms with Crippen molar-refractivity contribution in [2.24, 2.45) is 5.92 Å². The number of methoxy groups -OCH3 is 1. The van der Waals surface area contributed by atoms with E-state index in [1.807, 2.05) is 0 Å². The lowest BCUT2D eigenvalue weighted by atomic mass is 9.84. The molecular formula is C14H16FNO5S. The number of hydrogen-bond acceptors (Lipinski definition) is 6. The summed E-state index contributed by atoms with van der Waals surface area (Å²) in [6.07, 6.45) is 2.73. The minimum Gasteiger partial charge on any atom is -0.466 e. The Labute approximate surface area is 127 Å². The molecule has 1 aromatic heterocycles. The van der Waals surface area contributed by atoms with Crippen LogP contribution >= 0.6 is 0 Å². The Morgan fingerprint density at radius 2 is 2.23 bits per heavy atom. The summed E-state index contributed by atoms with van der Waals surface area (Å²) in [5.41, 5.74) is 0. The van der Waals surface area contributed by atoms with Crippen molar-refractivity contribution in [1.29, 1.82) is 0 Å². The van der Waals surface area contributed by atoms with Crippen LogP contribution in [0, 0.1) is 5.92 Å².